The Labute approximate surface area is 124 Å². The van der Waals surface area contributed by atoms with E-state index in [1.807, 2.05) is 0 Å². The molecule has 5 heteroatoms. The van der Waals surface area contributed by atoms with Crippen LogP contribution in [-0.2, 0) is 0 Å². The molecule has 0 saturated heterocycles. The van der Waals surface area contributed by atoms with Crippen LogP contribution in [0.25, 0.3) is 22.6 Å². The van der Waals surface area contributed by atoms with Gasteiger partial charge >= 0.3 is 0 Å². The molecule has 4 aromatic rings. The Balaban J connectivity index is 1.62. The van der Waals surface area contributed by atoms with Crippen LogP contribution in [0.1, 0.15) is 16.3 Å². The van der Waals surface area contributed by atoms with E-state index >= 15 is 0 Å². The van der Waals surface area contributed by atoms with Crippen LogP contribution in [0, 0.1) is 0 Å². The SMILES string of the molecule is O=C(c1cc(-c2ccco2)co1)c1cc(-c2ccco2)co1. The van der Waals surface area contributed by atoms with Crippen LogP contribution in [0.3, 0.4) is 0 Å². The summed E-state index contributed by atoms with van der Waals surface area (Å²) >= 11 is 0. The van der Waals surface area contributed by atoms with E-state index in [9.17, 15) is 4.79 Å². The molecule has 0 amide bonds. The molecule has 0 spiro atoms. The molecular formula is C17H10O5. The lowest BCUT2D eigenvalue weighted by Crippen LogP contribution is -1.96. The molecule has 5 nitrogen and oxygen atoms in total. The molecule has 0 aromatic carbocycles. The maximum Gasteiger partial charge on any atom is 0.263 e. The predicted octanol–water partition coefficient (Wildman–Crippen LogP) is 4.62. The van der Waals surface area contributed by atoms with E-state index in [0.717, 1.165) is 0 Å². The van der Waals surface area contributed by atoms with Crippen molar-refractivity contribution in [3.05, 3.63) is 73.0 Å². The second kappa shape index (κ2) is 4.96. The topological polar surface area (TPSA) is 69.6 Å². The quantitative estimate of drug-likeness (QED) is 0.513. The van der Waals surface area contributed by atoms with Crippen molar-refractivity contribution >= 4 is 5.78 Å². The lowest BCUT2D eigenvalue weighted by atomic mass is 10.1. The van der Waals surface area contributed by atoms with Crippen molar-refractivity contribution in [3.8, 4) is 22.6 Å². The van der Waals surface area contributed by atoms with E-state index in [2.05, 4.69) is 0 Å². The predicted molar refractivity (Wildman–Crippen MR) is 76.3 cm³/mol. The van der Waals surface area contributed by atoms with Crippen LogP contribution in [-0.4, -0.2) is 5.78 Å². The molecule has 0 bridgehead atoms. The number of carbonyl (C=O) groups excluding carboxylic acids is 1. The van der Waals surface area contributed by atoms with Crippen LogP contribution in [0.15, 0.2) is 79.1 Å². The molecular weight excluding hydrogens is 284 g/mol. The van der Waals surface area contributed by atoms with Crippen LogP contribution >= 0.6 is 0 Å². The van der Waals surface area contributed by atoms with Crippen LogP contribution in [0.2, 0.25) is 0 Å². The number of ketones is 1. The van der Waals surface area contributed by atoms with Crippen molar-refractivity contribution in [2.75, 3.05) is 0 Å². The lowest BCUT2D eigenvalue weighted by Gasteiger charge is -1.90. The molecule has 4 aromatic heterocycles. The largest absolute Gasteiger partial charge is 0.464 e. The van der Waals surface area contributed by atoms with Crippen LogP contribution in [0.5, 0.6) is 0 Å². The van der Waals surface area contributed by atoms with Crippen molar-refractivity contribution in [3.63, 3.8) is 0 Å². The summed E-state index contributed by atoms with van der Waals surface area (Å²) in [5.74, 6) is 1.31. The Kier molecular flexibility index (Phi) is 2.83. The molecule has 0 saturated carbocycles. The maximum absolute atomic E-state index is 12.4. The third kappa shape index (κ3) is 2.09. The molecule has 0 fully saturated rings. The Bertz CT molecular complexity index is 816. The first-order valence-electron chi connectivity index (χ1n) is 6.61. The van der Waals surface area contributed by atoms with Gasteiger partial charge in [0.2, 0.25) is 0 Å². The van der Waals surface area contributed by atoms with Gasteiger partial charge in [-0.2, -0.15) is 0 Å². The van der Waals surface area contributed by atoms with Crippen LogP contribution < -0.4 is 0 Å². The zero-order valence-corrected chi connectivity index (χ0v) is 11.3. The summed E-state index contributed by atoms with van der Waals surface area (Å²) in [5.41, 5.74) is 1.40. The summed E-state index contributed by atoms with van der Waals surface area (Å²) in [5, 5.41) is 0. The number of hydrogen-bond acceptors (Lipinski definition) is 5. The minimum atomic E-state index is -0.337. The Morgan fingerprint density at radius 1 is 0.727 bits per heavy atom. The first-order valence-corrected chi connectivity index (χ1v) is 6.61. The smallest absolute Gasteiger partial charge is 0.263 e. The number of furan rings is 4. The molecule has 4 heterocycles. The molecule has 0 N–H and O–H groups in total. The molecule has 22 heavy (non-hydrogen) atoms. The van der Waals surface area contributed by atoms with Crippen molar-refractivity contribution in [2.24, 2.45) is 0 Å². The zero-order chi connectivity index (χ0) is 14.9. The molecule has 0 unspecified atom stereocenters. The standard InChI is InChI=1S/C17H10O5/c18-17(15-7-11(9-21-15)13-3-1-5-19-13)16-8-12(10-22-16)14-4-2-6-20-14/h1-10H. The summed E-state index contributed by atoms with van der Waals surface area (Å²) in [7, 11) is 0. The highest BCUT2D eigenvalue weighted by atomic mass is 16.4. The van der Waals surface area contributed by atoms with Gasteiger partial charge in [-0.25, -0.2) is 0 Å². The van der Waals surface area contributed by atoms with Crippen molar-refractivity contribution in [1.82, 2.24) is 0 Å². The molecule has 0 aliphatic carbocycles. The fourth-order valence-corrected chi connectivity index (χ4v) is 2.18. The second-order valence-corrected chi connectivity index (χ2v) is 4.68. The van der Waals surface area contributed by atoms with E-state index in [1.54, 1.807) is 48.9 Å². The van der Waals surface area contributed by atoms with E-state index < -0.39 is 0 Å². The van der Waals surface area contributed by atoms with E-state index in [4.69, 9.17) is 17.7 Å². The molecule has 4 rings (SSSR count). The second-order valence-electron chi connectivity index (χ2n) is 4.68. The van der Waals surface area contributed by atoms with Gasteiger partial charge in [0.25, 0.3) is 5.78 Å². The molecule has 0 atom stereocenters. The van der Waals surface area contributed by atoms with Gasteiger partial charge in [0.1, 0.15) is 24.0 Å². The van der Waals surface area contributed by atoms with Gasteiger partial charge in [0.15, 0.2) is 11.5 Å². The van der Waals surface area contributed by atoms with Gasteiger partial charge in [-0.1, -0.05) is 0 Å². The number of carbonyl (C=O) groups is 1. The molecule has 0 aliphatic heterocycles. The van der Waals surface area contributed by atoms with Gasteiger partial charge in [0, 0.05) is 0 Å². The van der Waals surface area contributed by atoms with Crippen LogP contribution in [0.4, 0.5) is 0 Å². The zero-order valence-electron chi connectivity index (χ0n) is 11.3. The Hall–Kier alpha value is -3.21. The first kappa shape index (κ1) is 12.5. The van der Waals surface area contributed by atoms with Crippen molar-refractivity contribution in [2.45, 2.75) is 0 Å². The van der Waals surface area contributed by atoms with Gasteiger partial charge in [-0.15, -0.1) is 0 Å². The third-order valence-corrected chi connectivity index (χ3v) is 3.26. The van der Waals surface area contributed by atoms with Crippen molar-refractivity contribution < 1.29 is 22.5 Å². The monoisotopic (exact) mass is 294 g/mol. The normalized spacial score (nSPS) is 10.9. The Morgan fingerprint density at radius 2 is 1.23 bits per heavy atom. The first-order chi connectivity index (χ1) is 10.8. The van der Waals surface area contributed by atoms with Crippen molar-refractivity contribution in [1.29, 1.82) is 0 Å². The number of hydrogen-bond donors (Lipinski definition) is 0. The summed E-state index contributed by atoms with van der Waals surface area (Å²) in [6, 6.07) is 10.4. The maximum atomic E-state index is 12.4. The van der Waals surface area contributed by atoms with Gasteiger partial charge < -0.3 is 17.7 Å². The van der Waals surface area contributed by atoms with E-state index in [1.165, 1.54) is 12.5 Å². The van der Waals surface area contributed by atoms with E-state index in [-0.39, 0.29) is 17.3 Å². The molecule has 0 aliphatic rings. The lowest BCUT2D eigenvalue weighted by molar-refractivity contribution is 0.0983. The van der Waals surface area contributed by atoms with Gasteiger partial charge in [0.05, 0.1) is 23.7 Å². The highest BCUT2D eigenvalue weighted by Crippen LogP contribution is 2.26. The highest BCUT2D eigenvalue weighted by molar-refractivity contribution is 6.06. The molecule has 0 radical (unpaired) electrons. The highest BCUT2D eigenvalue weighted by Gasteiger charge is 2.19. The van der Waals surface area contributed by atoms with Gasteiger partial charge in [-0.05, 0) is 36.4 Å². The van der Waals surface area contributed by atoms with E-state index in [0.29, 0.717) is 22.6 Å². The summed E-state index contributed by atoms with van der Waals surface area (Å²) in [4.78, 5) is 12.4. The summed E-state index contributed by atoms with van der Waals surface area (Å²) in [6.45, 7) is 0. The fraction of sp³-hybridized carbons (Fsp3) is 0. The summed E-state index contributed by atoms with van der Waals surface area (Å²) < 4.78 is 21.2. The fourth-order valence-electron chi connectivity index (χ4n) is 2.18. The Morgan fingerprint density at radius 3 is 1.64 bits per heavy atom. The van der Waals surface area contributed by atoms with Gasteiger partial charge in [-0.3, -0.25) is 4.79 Å². The minimum absolute atomic E-state index is 0.187. The number of rotatable bonds is 4. The minimum Gasteiger partial charge on any atom is -0.464 e. The molecule has 108 valence electrons. The third-order valence-electron chi connectivity index (χ3n) is 3.26. The average Bonchev–Trinajstić information content (AvgIpc) is 3.35. The average molecular weight is 294 g/mol. The summed E-state index contributed by atoms with van der Waals surface area (Å²) in [6.07, 6.45) is 6.07.